The Morgan fingerprint density at radius 1 is 1.05 bits per heavy atom. The standard InChI is InChI=1S/C18H18FN3/c19-16-7-5-14(6-8-16)9-10-22-13-21-12-18(22)17-4-2-1-3-15(17)11-20/h1-8,12-13H,9-11,20H2. The monoisotopic (exact) mass is 295 g/mol. The number of nitrogens with two attached hydrogens (primary N) is 1. The number of rotatable bonds is 5. The molecular weight excluding hydrogens is 277 g/mol. The molecule has 0 bridgehead atoms. The third-order valence-corrected chi connectivity index (χ3v) is 3.78. The molecule has 0 aliphatic carbocycles. The van der Waals surface area contributed by atoms with Crippen LogP contribution in [-0.4, -0.2) is 9.55 Å². The smallest absolute Gasteiger partial charge is 0.123 e. The molecule has 0 radical (unpaired) electrons. The van der Waals surface area contributed by atoms with Gasteiger partial charge in [-0.15, -0.1) is 0 Å². The summed E-state index contributed by atoms with van der Waals surface area (Å²) in [6.07, 6.45) is 4.51. The lowest BCUT2D eigenvalue weighted by Crippen LogP contribution is -2.05. The summed E-state index contributed by atoms with van der Waals surface area (Å²) in [6, 6.07) is 14.7. The summed E-state index contributed by atoms with van der Waals surface area (Å²) in [5.41, 5.74) is 10.2. The molecular formula is C18H18FN3. The van der Waals surface area contributed by atoms with E-state index in [4.69, 9.17) is 5.73 Å². The van der Waals surface area contributed by atoms with E-state index in [1.54, 1.807) is 0 Å². The van der Waals surface area contributed by atoms with Gasteiger partial charge in [0, 0.05) is 18.7 Å². The first-order chi connectivity index (χ1) is 10.8. The number of hydrogen-bond donors (Lipinski definition) is 1. The normalized spacial score (nSPS) is 10.8. The Balaban J connectivity index is 1.81. The van der Waals surface area contributed by atoms with Gasteiger partial charge in [0.2, 0.25) is 0 Å². The summed E-state index contributed by atoms with van der Waals surface area (Å²) in [5, 5.41) is 0. The fourth-order valence-electron chi connectivity index (χ4n) is 2.57. The maximum atomic E-state index is 12.9. The van der Waals surface area contributed by atoms with Crippen LogP contribution >= 0.6 is 0 Å². The van der Waals surface area contributed by atoms with Crippen molar-refractivity contribution in [1.29, 1.82) is 0 Å². The molecule has 0 amide bonds. The van der Waals surface area contributed by atoms with Gasteiger partial charge < -0.3 is 10.3 Å². The maximum Gasteiger partial charge on any atom is 0.123 e. The third-order valence-electron chi connectivity index (χ3n) is 3.78. The number of imidazole rings is 1. The van der Waals surface area contributed by atoms with Crippen molar-refractivity contribution >= 4 is 0 Å². The number of aryl methyl sites for hydroxylation is 2. The van der Waals surface area contributed by atoms with Crippen LogP contribution in [0.2, 0.25) is 0 Å². The van der Waals surface area contributed by atoms with Crippen LogP contribution in [0.5, 0.6) is 0 Å². The number of aromatic nitrogens is 2. The molecule has 0 saturated heterocycles. The van der Waals surface area contributed by atoms with Crippen LogP contribution in [0.4, 0.5) is 4.39 Å². The van der Waals surface area contributed by atoms with Crippen LogP contribution in [-0.2, 0) is 19.5 Å². The molecule has 112 valence electrons. The zero-order valence-electron chi connectivity index (χ0n) is 12.2. The molecule has 0 atom stereocenters. The first kappa shape index (κ1) is 14.5. The van der Waals surface area contributed by atoms with Crippen LogP contribution in [0.1, 0.15) is 11.1 Å². The highest BCUT2D eigenvalue weighted by molar-refractivity contribution is 5.63. The zero-order chi connectivity index (χ0) is 15.4. The number of nitrogens with zero attached hydrogens (tertiary/aromatic N) is 2. The van der Waals surface area contributed by atoms with Gasteiger partial charge in [-0.05, 0) is 29.7 Å². The number of halogens is 1. The Kier molecular flexibility index (Phi) is 4.30. The summed E-state index contributed by atoms with van der Waals surface area (Å²) in [6.45, 7) is 1.29. The van der Waals surface area contributed by atoms with E-state index in [1.165, 1.54) is 12.1 Å². The van der Waals surface area contributed by atoms with Crippen LogP contribution in [0.15, 0.2) is 61.1 Å². The Morgan fingerprint density at radius 3 is 2.59 bits per heavy atom. The summed E-state index contributed by atoms with van der Waals surface area (Å²) in [4.78, 5) is 4.26. The molecule has 0 saturated carbocycles. The van der Waals surface area contributed by atoms with E-state index in [9.17, 15) is 4.39 Å². The minimum absolute atomic E-state index is 0.205. The van der Waals surface area contributed by atoms with E-state index in [0.717, 1.165) is 35.3 Å². The van der Waals surface area contributed by atoms with E-state index in [1.807, 2.05) is 42.9 Å². The molecule has 2 N–H and O–H groups in total. The van der Waals surface area contributed by atoms with Crippen molar-refractivity contribution in [2.75, 3.05) is 0 Å². The van der Waals surface area contributed by atoms with Crippen molar-refractivity contribution in [3.8, 4) is 11.3 Å². The van der Waals surface area contributed by atoms with Crippen molar-refractivity contribution < 1.29 is 4.39 Å². The first-order valence-electron chi connectivity index (χ1n) is 7.31. The molecule has 2 aromatic carbocycles. The minimum Gasteiger partial charge on any atom is -0.330 e. The average molecular weight is 295 g/mol. The van der Waals surface area contributed by atoms with Crippen LogP contribution in [0, 0.1) is 5.82 Å². The predicted molar refractivity (Wildman–Crippen MR) is 85.7 cm³/mol. The molecule has 3 rings (SSSR count). The van der Waals surface area contributed by atoms with Gasteiger partial charge in [-0.3, -0.25) is 0 Å². The topological polar surface area (TPSA) is 43.8 Å². The molecule has 1 aromatic heterocycles. The molecule has 3 aromatic rings. The predicted octanol–water partition coefficient (Wildman–Crippen LogP) is 3.39. The first-order valence-corrected chi connectivity index (χ1v) is 7.31. The number of hydrogen-bond acceptors (Lipinski definition) is 2. The highest BCUT2D eigenvalue weighted by Crippen LogP contribution is 2.23. The SMILES string of the molecule is NCc1ccccc1-c1cncn1CCc1ccc(F)cc1. The van der Waals surface area contributed by atoms with Crippen molar-refractivity contribution in [3.05, 3.63) is 78.0 Å². The largest absolute Gasteiger partial charge is 0.330 e. The fourth-order valence-corrected chi connectivity index (χ4v) is 2.57. The lowest BCUT2D eigenvalue weighted by atomic mass is 10.0. The van der Waals surface area contributed by atoms with E-state index >= 15 is 0 Å². The second-order valence-corrected chi connectivity index (χ2v) is 5.21. The third kappa shape index (κ3) is 3.07. The fraction of sp³-hybridized carbons (Fsp3) is 0.167. The molecule has 4 heteroatoms. The van der Waals surface area contributed by atoms with Crippen molar-refractivity contribution in [1.82, 2.24) is 9.55 Å². The quantitative estimate of drug-likeness (QED) is 0.784. The van der Waals surface area contributed by atoms with Gasteiger partial charge in [0.25, 0.3) is 0 Å². The molecule has 22 heavy (non-hydrogen) atoms. The van der Waals surface area contributed by atoms with E-state index in [2.05, 4.69) is 15.6 Å². The Labute approximate surface area is 129 Å². The van der Waals surface area contributed by atoms with Crippen molar-refractivity contribution in [2.45, 2.75) is 19.5 Å². The average Bonchev–Trinajstić information content (AvgIpc) is 3.02. The lowest BCUT2D eigenvalue weighted by molar-refractivity contribution is 0.625. The van der Waals surface area contributed by atoms with E-state index in [0.29, 0.717) is 6.54 Å². The van der Waals surface area contributed by atoms with E-state index < -0.39 is 0 Å². The van der Waals surface area contributed by atoms with E-state index in [-0.39, 0.29) is 5.82 Å². The van der Waals surface area contributed by atoms with Gasteiger partial charge in [-0.2, -0.15) is 0 Å². The van der Waals surface area contributed by atoms with Gasteiger partial charge in [-0.1, -0.05) is 36.4 Å². The van der Waals surface area contributed by atoms with Crippen molar-refractivity contribution in [2.24, 2.45) is 5.73 Å². The van der Waals surface area contributed by atoms with Gasteiger partial charge in [0.15, 0.2) is 0 Å². The Bertz CT molecular complexity index is 747. The number of benzene rings is 2. The van der Waals surface area contributed by atoms with Crippen LogP contribution < -0.4 is 5.73 Å². The van der Waals surface area contributed by atoms with Gasteiger partial charge >= 0.3 is 0 Å². The molecule has 0 aliphatic rings. The highest BCUT2D eigenvalue weighted by atomic mass is 19.1. The molecule has 0 fully saturated rings. The van der Waals surface area contributed by atoms with Gasteiger partial charge in [-0.25, -0.2) is 9.37 Å². The summed E-state index contributed by atoms with van der Waals surface area (Å²) in [5.74, 6) is -0.205. The molecule has 3 nitrogen and oxygen atoms in total. The zero-order valence-corrected chi connectivity index (χ0v) is 12.2. The lowest BCUT2D eigenvalue weighted by Gasteiger charge is -2.11. The second kappa shape index (κ2) is 6.54. The highest BCUT2D eigenvalue weighted by Gasteiger charge is 2.08. The summed E-state index contributed by atoms with van der Waals surface area (Å²) < 4.78 is 15.1. The molecule has 0 unspecified atom stereocenters. The summed E-state index contributed by atoms with van der Waals surface area (Å²) in [7, 11) is 0. The van der Waals surface area contributed by atoms with Gasteiger partial charge in [0.1, 0.15) is 5.82 Å². The van der Waals surface area contributed by atoms with Gasteiger partial charge in [0.05, 0.1) is 18.2 Å². The maximum absolute atomic E-state index is 12.9. The van der Waals surface area contributed by atoms with Crippen LogP contribution in [0.3, 0.4) is 0 Å². The Morgan fingerprint density at radius 2 is 1.82 bits per heavy atom. The molecule has 0 aliphatic heterocycles. The summed E-state index contributed by atoms with van der Waals surface area (Å²) >= 11 is 0. The molecule has 1 heterocycles. The van der Waals surface area contributed by atoms with Crippen LogP contribution in [0.25, 0.3) is 11.3 Å². The van der Waals surface area contributed by atoms with Crippen molar-refractivity contribution in [3.63, 3.8) is 0 Å². The molecule has 0 spiro atoms. The Hall–Kier alpha value is -2.46. The minimum atomic E-state index is -0.205. The second-order valence-electron chi connectivity index (χ2n) is 5.21.